The molecule has 2 heterocycles. The summed E-state index contributed by atoms with van der Waals surface area (Å²) in [7, 11) is 1.43. The molecule has 0 saturated heterocycles. The molecule has 1 aromatic carbocycles. The number of rotatable bonds is 8. The standard InChI is InChI=1S/C22H22F4N4O3/c1-12(30-10-20(31)29-17-8-15(13-3-4-13)9-27-21(17)30)28-18(11-32-2)14-5-6-19(16(23)7-14)33-22(24,25)26/h5-9,13,18,28H,1,3-4,10-11H2,2H3,(H,29,31). The minimum Gasteiger partial charge on any atom is -0.403 e. The van der Waals surface area contributed by atoms with Gasteiger partial charge in [0.05, 0.1) is 18.3 Å². The predicted octanol–water partition coefficient (Wildman–Crippen LogP) is 4.20. The van der Waals surface area contributed by atoms with Crippen molar-refractivity contribution in [1.29, 1.82) is 0 Å². The maximum atomic E-state index is 14.2. The number of nitrogens with one attached hydrogen (secondary N) is 2. The lowest BCUT2D eigenvalue weighted by Crippen LogP contribution is -2.43. The Hall–Kier alpha value is -3.34. The molecule has 2 aliphatic rings. The fraction of sp³-hybridized carbons (Fsp3) is 0.364. The highest BCUT2D eigenvalue weighted by molar-refractivity contribution is 6.01. The quantitative estimate of drug-likeness (QED) is 0.568. The average molecular weight is 466 g/mol. The van der Waals surface area contributed by atoms with Gasteiger partial charge in [-0.05, 0) is 48.1 Å². The number of halogens is 4. The van der Waals surface area contributed by atoms with Crippen LogP contribution in [0.3, 0.4) is 0 Å². The normalized spacial score (nSPS) is 16.6. The zero-order valence-electron chi connectivity index (χ0n) is 17.7. The van der Waals surface area contributed by atoms with E-state index in [1.807, 2.05) is 6.07 Å². The average Bonchev–Trinajstić information content (AvgIpc) is 3.58. The van der Waals surface area contributed by atoms with Crippen LogP contribution in [0.15, 0.2) is 42.9 Å². The highest BCUT2D eigenvalue weighted by atomic mass is 19.4. The zero-order chi connectivity index (χ0) is 23.8. The summed E-state index contributed by atoms with van der Waals surface area (Å²) in [5, 5.41) is 5.88. The molecule has 11 heteroatoms. The van der Waals surface area contributed by atoms with Gasteiger partial charge in [-0.25, -0.2) is 9.37 Å². The summed E-state index contributed by atoms with van der Waals surface area (Å²) >= 11 is 0. The van der Waals surface area contributed by atoms with Crippen molar-refractivity contribution in [3.63, 3.8) is 0 Å². The van der Waals surface area contributed by atoms with Crippen molar-refractivity contribution < 1.29 is 31.8 Å². The van der Waals surface area contributed by atoms with E-state index in [-0.39, 0.29) is 19.1 Å². The Morgan fingerprint density at radius 2 is 2.12 bits per heavy atom. The van der Waals surface area contributed by atoms with Crippen LogP contribution in [0, 0.1) is 5.82 Å². The number of amides is 1. The number of nitrogens with zero attached hydrogens (tertiary/aromatic N) is 2. The van der Waals surface area contributed by atoms with Gasteiger partial charge in [0.2, 0.25) is 5.91 Å². The molecule has 1 amide bonds. The second kappa shape index (κ2) is 8.89. The van der Waals surface area contributed by atoms with Gasteiger partial charge in [-0.1, -0.05) is 12.6 Å². The Labute approximate surface area is 187 Å². The van der Waals surface area contributed by atoms with Gasteiger partial charge in [0.1, 0.15) is 12.4 Å². The topological polar surface area (TPSA) is 75.7 Å². The smallest absolute Gasteiger partial charge is 0.403 e. The molecular weight excluding hydrogens is 444 g/mol. The number of ether oxygens (including phenoxy) is 2. The SMILES string of the molecule is C=C(NC(COC)c1ccc(OC(F)(F)F)c(F)c1)N1CC(=O)Nc2cc(C3CC3)cnc21. The summed E-state index contributed by atoms with van der Waals surface area (Å²) < 4.78 is 60.4. The van der Waals surface area contributed by atoms with Crippen LogP contribution in [0.25, 0.3) is 0 Å². The van der Waals surface area contributed by atoms with Gasteiger partial charge in [0.15, 0.2) is 17.4 Å². The van der Waals surface area contributed by atoms with Crippen molar-refractivity contribution in [2.75, 3.05) is 30.5 Å². The Balaban J connectivity index is 1.54. The van der Waals surface area contributed by atoms with Crippen molar-refractivity contribution in [2.45, 2.75) is 31.2 Å². The molecule has 1 atom stereocenters. The van der Waals surface area contributed by atoms with E-state index in [1.165, 1.54) is 13.2 Å². The van der Waals surface area contributed by atoms with Crippen molar-refractivity contribution in [3.05, 3.63) is 59.8 Å². The summed E-state index contributed by atoms with van der Waals surface area (Å²) in [6.45, 7) is 4.00. The Morgan fingerprint density at radius 1 is 1.36 bits per heavy atom. The molecule has 1 unspecified atom stereocenters. The van der Waals surface area contributed by atoms with E-state index in [0.29, 0.717) is 28.8 Å². The minimum absolute atomic E-state index is 0.0406. The molecule has 33 heavy (non-hydrogen) atoms. The molecule has 176 valence electrons. The maximum absolute atomic E-state index is 14.2. The van der Waals surface area contributed by atoms with Gasteiger partial charge >= 0.3 is 6.36 Å². The number of carbonyl (C=O) groups excluding carboxylic acids is 1. The summed E-state index contributed by atoms with van der Waals surface area (Å²) in [6.07, 6.45) is -1.05. The van der Waals surface area contributed by atoms with Gasteiger partial charge in [-0.3, -0.25) is 4.79 Å². The first kappa shape index (κ1) is 22.8. The third-order valence-corrected chi connectivity index (χ3v) is 5.35. The molecule has 1 fully saturated rings. The molecule has 4 rings (SSSR count). The van der Waals surface area contributed by atoms with Gasteiger partial charge in [-0.2, -0.15) is 0 Å². The molecule has 1 saturated carbocycles. The third-order valence-electron chi connectivity index (χ3n) is 5.35. The van der Waals surface area contributed by atoms with Gasteiger partial charge < -0.3 is 25.0 Å². The lowest BCUT2D eigenvalue weighted by Gasteiger charge is -2.33. The highest BCUT2D eigenvalue weighted by Crippen LogP contribution is 2.42. The first-order chi connectivity index (χ1) is 15.6. The van der Waals surface area contributed by atoms with E-state index in [2.05, 4.69) is 26.9 Å². The maximum Gasteiger partial charge on any atom is 0.573 e. The minimum atomic E-state index is -5.00. The number of benzene rings is 1. The molecule has 1 aliphatic carbocycles. The van der Waals surface area contributed by atoms with Gasteiger partial charge in [0.25, 0.3) is 0 Å². The third kappa shape index (κ3) is 5.36. The fourth-order valence-corrected chi connectivity index (χ4v) is 3.66. The van der Waals surface area contributed by atoms with E-state index >= 15 is 0 Å². The monoisotopic (exact) mass is 466 g/mol. The van der Waals surface area contributed by atoms with Crippen LogP contribution in [-0.2, 0) is 9.53 Å². The molecule has 0 spiro atoms. The summed E-state index contributed by atoms with van der Waals surface area (Å²) in [6, 6.07) is 4.36. The second-order valence-corrected chi connectivity index (χ2v) is 7.89. The van der Waals surface area contributed by atoms with Crippen LogP contribution in [0.1, 0.15) is 35.9 Å². The zero-order valence-corrected chi connectivity index (χ0v) is 17.7. The summed E-state index contributed by atoms with van der Waals surface area (Å²) in [4.78, 5) is 18.4. The molecule has 2 N–H and O–H groups in total. The fourth-order valence-electron chi connectivity index (χ4n) is 3.66. The Morgan fingerprint density at radius 3 is 2.76 bits per heavy atom. The molecular formula is C22H22F4N4O3. The lowest BCUT2D eigenvalue weighted by atomic mass is 10.1. The number of methoxy groups -OCH3 is 1. The molecule has 2 aromatic rings. The predicted molar refractivity (Wildman–Crippen MR) is 112 cm³/mol. The number of fused-ring (bicyclic) bond motifs is 1. The van der Waals surface area contributed by atoms with Crippen molar-refractivity contribution in [1.82, 2.24) is 10.3 Å². The number of anilines is 2. The number of aromatic nitrogens is 1. The van der Waals surface area contributed by atoms with E-state index in [1.54, 1.807) is 11.1 Å². The van der Waals surface area contributed by atoms with E-state index in [9.17, 15) is 22.4 Å². The van der Waals surface area contributed by atoms with E-state index < -0.39 is 24.0 Å². The lowest BCUT2D eigenvalue weighted by molar-refractivity contribution is -0.275. The summed E-state index contributed by atoms with van der Waals surface area (Å²) in [5.41, 5.74) is 1.94. The van der Waals surface area contributed by atoms with Crippen LogP contribution >= 0.6 is 0 Å². The Bertz CT molecular complexity index is 1070. The van der Waals surface area contributed by atoms with Crippen LogP contribution in [0.2, 0.25) is 0 Å². The number of alkyl halides is 3. The van der Waals surface area contributed by atoms with Crippen LogP contribution in [0.4, 0.5) is 29.1 Å². The highest BCUT2D eigenvalue weighted by Gasteiger charge is 2.33. The first-order valence-electron chi connectivity index (χ1n) is 10.2. The molecule has 7 nitrogen and oxygen atoms in total. The number of carbonyl (C=O) groups is 1. The first-order valence-corrected chi connectivity index (χ1v) is 10.2. The van der Waals surface area contributed by atoms with Crippen molar-refractivity contribution >= 4 is 17.4 Å². The number of hydrogen-bond donors (Lipinski definition) is 2. The van der Waals surface area contributed by atoms with Crippen molar-refractivity contribution in [2.24, 2.45) is 0 Å². The summed E-state index contributed by atoms with van der Waals surface area (Å²) in [5.74, 6) is -1.08. The van der Waals surface area contributed by atoms with E-state index in [0.717, 1.165) is 30.5 Å². The molecule has 0 radical (unpaired) electrons. The largest absolute Gasteiger partial charge is 0.573 e. The van der Waals surface area contributed by atoms with Crippen LogP contribution in [0.5, 0.6) is 5.75 Å². The molecule has 1 aromatic heterocycles. The molecule has 1 aliphatic heterocycles. The van der Waals surface area contributed by atoms with E-state index in [4.69, 9.17) is 4.74 Å². The van der Waals surface area contributed by atoms with Crippen molar-refractivity contribution in [3.8, 4) is 5.75 Å². The Kier molecular flexibility index (Phi) is 6.15. The second-order valence-electron chi connectivity index (χ2n) is 7.89. The van der Waals surface area contributed by atoms with Gasteiger partial charge in [0, 0.05) is 13.3 Å². The number of pyridine rings is 1. The van der Waals surface area contributed by atoms with Gasteiger partial charge in [-0.15, -0.1) is 13.2 Å². The molecule has 0 bridgehead atoms. The number of hydrogen-bond acceptors (Lipinski definition) is 6. The van der Waals surface area contributed by atoms with Crippen LogP contribution in [-0.4, -0.2) is 37.5 Å². The van der Waals surface area contributed by atoms with Crippen LogP contribution < -0.4 is 20.3 Å².